The zero-order chi connectivity index (χ0) is 5.91. The van der Waals surface area contributed by atoms with Crippen molar-refractivity contribution in [3.63, 3.8) is 0 Å². The van der Waals surface area contributed by atoms with Crippen LogP contribution in [0.25, 0.3) is 0 Å². The van der Waals surface area contributed by atoms with Crippen LogP contribution < -0.4 is 6.15 Å². The molecular formula is C6H18BrN2+. The predicted octanol–water partition coefficient (Wildman–Crippen LogP) is 1.62. The fourth-order valence-corrected chi connectivity index (χ4v) is 0.387. The Bertz CT molecular complexity index is 65.9. The molecule has 0 saturated heterocycles. The predicted molar refractivity (Wildman–Crippen MR) is 48.4 cm³/mol. The standard InChI is InChI=1S/C6H14N.BrH.H3N/c1-5-6-7(2,3)4;;/h5H,1,6H2,2-4H3;1H;1H3/q+1;;. The molecule has 0 aliphatic heterocycles. The summed E-state index contributed by atoms with van der Waals surface area (Å²) in [6, 6.07) is 0. The van der Waals surface area contributed by atoms with E-state index in [1.165, 1.54) is 0 Å². The summed E-state index contributed by atoms with van der Waals surface area (Å²) in [5, 5.41) is 0. The topological polar surface area (TPSA) is 35.0 Å². The van der Waals surface area contributed by atoms with Gasteiger partial charge in [-0.2, -0.15) is 0 Å². The molecule has 3 N–H and O–H groups in total. The lowest BCUT2D eigenvalue weighted by Crippen LogP contribution is -2.33. The average Bonchev–Trinajstić information content (AvgIpc) is 1.30. The molecule has 0 aliphatic carbocycles. The number of rotatable bonds is 2. The summed E-state index contributed by atoms with van der Waals surface area (Å²) in [5.74, 6) is 0. The SMILES string of the molecule is Br.C=CC[N+](C)(C)C.N. The molecule has 0 heterocycles. The molecule has 2 nitrogen and oxygen atoms in total. The van der Waals surface area contributed by atoms with Gasteiger partial charge in [0.2, 0.25) is 0 Å². The third-order valence-corrected chi connectivity index (χ3v) is 0.677. The zero-order valence-electron chi connectivity index (χ0n) is 6.55. The van der Waals surface area contributed by atoms with Gasteiger partial charge in [-0.05, 0) is 6.08 Å². The van der Waals surface area contributed by atoms with Crippen molar-refractivity contribution in [1.82, 2.24) is 6.15 Å². The highest BCUT2D eigenvalue weighted by Gasteiger charge is 1.99. The van der Waals surface area contributed by atoms with Crippen LogP contribution >= 0.6 is 17.0 Å². The van der Waals surface area contributed by atoms with Crippen molar-refractivity contribution in [1.29, 1.82) is 0 Å². The lowest BCUT2D eigenvalue weighted by atomic mass is 10.5. The van der Waals surface area contributed by atoms with Gasteiger partial charge in [0, 0.05) is 0 Å². The Hall–Kier alpha value is 0.140. The second kappa shape index (κ2) is 6.26. The van der Waals surface area contributed by atoms with Crippen molar-refractivity contribution in [2.75, 3.05) is 27.7 Å². The van der Waals surface area contributed by atoms with E-state index in [2.05, 4.69) is 27.7 Å². The van der Waals surface area contributed by atoms with Crippen LogP contribution in [-0.4, -0.2) is 32.2 Å². The van der Waals surface area contributed by atoms with Gasteiger partial charge in [0.25, 0.3) is 0 Å². The van der Waals surface area contributed by atoms with Gasteiger partial charge in [0.05, 0.1) is 27.7 Å². The van der Waals surface area contributed by atoms with E-state index in [1.54, 1.807) is 0 Å². The first-order valence-corrected chi connectivity index (χ1v) is 2.47. The molecule has 0 bridgehead atoms. The molecule has 3 heteroatoms. The molecule has 0 spiro atoms. The fourth-order valence-electron chi connectivity index (χ4n) is 0.387. The Morgan fingerprint density at radius 2 is 1.67 bits per heavy atom. The van der Waals surface area contributed by atoms with Crippen LogP contribution in [-0.2, 0) is 0 Å². The van der Waals surface area contributed by atoms with Gasteiger partial charge in [0.15, 0.2) is 0 Å². The van der Waals surface area contributed by atoms with Gasteiger partial charge in [-0.25, -0.2) is 0 Å². The van der Waals surface area contributed by atoms with E-state index in [4.69, 9.17) is 0 Å². The molecule has 0 unspecified atom stereocenters. The molecule has 0 atom stereocenters. The van der Waals surface area contributed by atoms with Crippen LogP contribution in [0.15, 0.2) is 12.7 Å². The van der Waals surface area contributed by atoms with Crippen LogP contribution in [0.2, 0.25) is 0 Å². The smallest absolute Gasteiger partial charge is 0.0964 e. The normalized spacial score (nSPS) is 8.78. The number of halogens is 1. The molecule has 0 radical (unpaired) electrons. The number of nitrogens with zero attached hydrogens (tertiary/aromatic N) is 1. The second-order valence-corrected chi connectivity index (χ2v) is 2.76. The zero-order valence-corrected chi connectivity index (χ0v) is 8.27. The summed E-state index contributed by atoms with van der Waals surface area (Å²) in [6.07, 6.45) is 1.93. The van der Waals surface area contributed by atoms with Crippen LogP contribution in [0.3, 0.4) is 0 Å². The molecule has 0 aromatic heterocycles. The van der Waals surface area contributed by atoms with Gasteiger partial charge in [-0.3, -0.25) is 0 Å². The van der Waals surface area contributed by atoms with E-state index in [9.17, 15) is 0 Å². The fraction of sp³-hybridized carbons (Fsp3) is 0.667. The van der Waals surface area contributed by atoms with E-state index >= 15 is 0 Å². The van der Waals surface area contributed by atoms with E-state index in [1.807, 2.05) is 6.08 Å². The summed E-state index contributed by atoms with van der Waals surface area (Å²) < 4.78 is 0.976. The van der Waals surface area contributed by atoms with Crippen molar-refractivity contribution in [2.45, 2.75) is 0 Å². The molecule has 0 aliphatic rings. The average molecular weight is 198 g/mol. The minimum atomic E-state index is 0. The largest absolute Gasteiger partial charge is 0.344 e. The highest BCUT2D eigenvalue weighted by molar-refractivity contribution is 8.93. The summed E-state index contributed by atoms with van der Waals surface area (Å²) in [5.41, 5.74) is 0. The minimum absolute atomic E-state index is 0. The molecule has 0 fully saturated rings. The van der Waals surface area contributed by atoms with Crippen LogP contribution in [0.1, 0.15) is 0 Å². The number of likely N-dealkylation sites (N-methyl/N-ethyl adjacent to an activating group) is 1. The van der Waals surface area contributed by atoms with E-state index in [0.717, 1.165) is 11.0 Å². The van der Waals surface area contributed by atoms with Crippen LogP contribution in [0, 0.1) is 0 Å². The molecule has 0 aromatic carbocycles. The van der Waals surface area contributed by atoms with Gasteiger partial charge in [-0.15, -0.1) is 17.0 Å². The molecule has 58 valence electrons. The highest BCUT2D eigenvalue weighted by Crippen LogP contribution is 1.86. The first-order valence-electron chi connectivity index (χ1n) is 2.47. The Kier molecular flexibility index (Phi) is 11.2. The number of quaternary nitrogens is 1. The number of hydrogen-bond acceptors (Lipinski definition) is 1. The maximum atomic E-state index is 3.63. The Morgan fingerprint density at radius 3 is 1.67 bits per heavy atom. The van der Waals surface area contributed by atoms with E-state index < -0.39 is 0 Å². The van der Waals surface area contributed by atoms with Gasteiger partial charge >= 0.3 is 0 Å². The molecular weight excluding hydrogens is 180 g/mol. The van der Waals surface area contributed by atoms with Crippen LogP contribution in [0.4, 0.5) is 0 Å². The van der Waals surface area contributed by atoms with Crippen molar-refractivity contribution in [2.24, 2.45) is 0 Å². The minimum Gasteiger partial charge on any atom is -0.344 e. The quantitative estimate of drug-likeness (QED) is 0.531. The van der Waals surface area contributed by atoms with Crippen molar-refractivity contribution >= 4 is 17.0 Å². The summed E-state index contributed by atoms with van der Waals surface area (Å²) in [6.45, 7) is 4.67. The Morgan fingerprint density at radius 1 is 1.33 bits per heavy atom. The molecule has 0 aromatic rings. The summed E-state index contributed by atoms with van der Waals surface area (Å²) in [7, 11) is 6.42. The van der Waals surface area contributed by atoms with Gasteiger partial charge in [0.1, 0.15) is 0 Å². The molecule has 0 amide bonds. The monoisotopic (exact) mass is 197 g/mol. The third kappa shape index (κ3) is 17.9. The Labute approximate surface area is 68.5 Å². The lowest BCUT2D eigenvalue weighted by molar-refractivity contribution is -0.864. The molecule has 9 heavy (non-hydrogen) atoms. The van der Waals surface area contributed by atoms with Crippen molar-refractivity contribution in [3.8, 4) is 0 Å². The van der Waals surface area contributed by atoms with Gasteiger partial charge in [-0.1, -0.05) is 6.58 Å². The molecule has 0 rings (SSSR count). The third-order valence-electron chi connectivity index (χ3n) is 0.677. The Balaban J connectivity index is -0.000000180. The lowest BCUT2D eigenvalue weighted by Gasteiger charge is -2.21. The van der Waals surface area contributed by atoms with E-state index in [-0.39, 0.29) is 23.1 Å². The highest BCUT2D eigenvalue weighted by atomic mass is 79.9. The van der Waals surface area contributed by atoms with Gasteiger partial charge < -0.3 is 10.6 Å². The van der Waals surface area contributed by atoms with Crippen LogP contribution in [0.5, 0.6) is 0 Å². The maximum absolute atomic E-state index is 3.63. The summed E-state index contributed by atoms with van der Waals surface area (Å²) >= 11 is 0. The first-order chi connectivity index (χ1) is 3.06. The molecule has 0 saturated carbocycles. The maximum Gasteiger partial charge on any atom is 0.0964 e. The van der Waals surface area contributed by atoms with Crippen molar-refractivity contribution in [3.05, 3.63) is 12.7 Å². The van der Waals surface area contributed by atoms with E-state index in [0.29, 0.717) is 0 Å². The second-order valence-electron chi connectivity index (χ2n) is 2.76. The first kappa shape index (κ1) is 16.1. The number of hydrogen-bond donors (Lipinski definition) is 1. The van der Waals surface area contributed by atoms with Crippen molar-refractivity contribution < 1.29 is 4.48 Å². The summed E-state index contributed by atoms with van der Waals surface area (Å²) in [4.78, 5) is 0.